The summed E-state index contributed by atoms with van der Waals surface area (Å²) in [6.45, 7) is 0. The topological polar surface area (TPSA) is 68.6 Å². The smallest absolute Gasteiger partial charge is 0.166 e. The lowest BCUT2D eigenvalue weighted by Gasteiger charge is -2.03. The van der Waals surface area contributed by atoms with E-state index in [9.17, 15) is 0 Å². The van der Waals surface area contributed by atoms with Crippen LogP contribution in [0, 0.1) is 0 Å². The highest BCUT2D eigenvalue weighted by molar-refractivity contribution is 7.98. The van der Waals surface area contributed by atoms with E-state index in [1.54, 1.807) is 29.9 Å². The van der Waals surface area contributed by atoms with Crippen molar-refractivity contribution in [2.24, 2.45) is 0 Å². The van der Waals surface area contributed by atoms with E-state index < -0.39 is 0 Å². The number of H-pyrrole nitrogens is 1. The molecule has 0 unspecified atom stereocenters. The van der Waals surface area contributed by atoms with Gasteiger partial charge in [-0.2, -0.15) is 5.10 Å². The lowest BCUT2D eigenvalue weighted by atomic mass is 10.2. The Balaban J connectivity index is 1.46. The molecule has 6 nitrogen and oxygen atoms in total. The minimum Gasteiger partial charge on any atom is -0.497 e. The molecule has 0 aliphatic rings. The number of rotatable bonds is 5. The van der Waals surface area contributed by atoms with Crippen LogP contribution in [-0.4, -0.2) is 31.8 Å². The first kappa shape index (κ1) is 14.8. The van der Waals surface area contributed by atoms with Crippen molar-refractivity contribution in [3.63, 3.8) is 0 Å². The van der Waals surface area contributed by atoms with Gasteiger partial charge in [0.15, 0.2) is 5.16 Å². The number of hydrogen-bond acceptors (Lipinski definition) is 5. The number of fused-ring (bicyclic) bond motifs is 1. The minimum absolute atomic E-state index is 0.825. The molecule has 0 saturated carbocycles. The molecule has 0 saturated heterocycles. The Kier molecular flexibility index (Phi) is 3.92. The first-order valence-electron chi connectivity index (χ1n) is 7.42. The van der Waals surface area contributed by atoms with Crippen LogP contribution < -0.4 is 4.74 Å². The van der Waals surface area contributed by atoms with Gasteiger partial charge in [0.1, 0.15) is 18.4 Å². The molecular weight excluding hydrogens is 322 g/mol. The van der Waals surface area contributed by atoms with Gasteiger partial charge in [0.2, 0.25) is 0 Å². The molecule has 2 aromatic heterocycles. The monoisotopic (exact) mass is 337 g/mol. The summed E-state index contributed by atoms with van der Waals surface area (Å²) >= 11 is 1.67. The standard InChI is InChI=1S/C17H15N5OS/c1-23-14-6-7-15-16(8-14)21-17(20-15)24-9-12-2-4-13(5-3-12)22-11-18-10-19-22/h2-8,10-11H,9H2,1H3,(H,20,21). The number of imidazole rings is 1. The normalized spacial score (nSPS) is 11.0. The van der Waals surface area contributed by atoms with Gasteiger partial charge < -0.3 is 9.72 Å². The van der Waals surface area contributed by atoms with Crippen LogP contribution in [0.1, 0.15) is 5.56 Å². The van der Waals surface area contributed by atoms with E-state index in [1.807, 2.05) is 30.3 Å². The summed E-state index contributed by atoms with van der Waals surface area (Å²) < 4.78 is 6.98. The van der Waals surface area contributed by atoms with Crippen molar-refractivity contribution in [1.29, 1.82) is 0 Å². The van der Waals surface area contributed by atoms with Gasteiger partial charge in [-0.1, -0.05) is 23.9 Å². The van der Waals surface area contributed by atoms with Crippen LogP contribution in [-0.2, 0) is 5.75 Å². The molecule has 0 fully saturated rings. The molecule has 0 aliphatic heterocycles. The van der Waals surface area contributed by atoms with Crippen LogP contribution >= 0.6 is 11.8 Å². The fourth-order valence-corrected chi connectivity index (χ4v) is 3.24. The number of thioether (sulfide) groups is 1. The molecule has 0 spiro atoms. The SMILES string of the molecule is COc1ccc2nc(SCc3ccc(-n4cncn4)cc3)[nH]c2c1. The molecular formula is C17H15N5OS. The average molecular weight is 337 g/mol. The van der Waals surface area contributed by atoms with E-state index in [1.165, 1.54) is 11.9 Å². The molecule has 0 bridgehead atoms. The predicted octanol–water partition coefficient (Wildman–Crippen LogP) is 3.44. The Labute approximate surface area is 142 Å². The van der Waals surface area contributed by atoms with Gasteiger partial charge in [-0.3, -0.25) is 0 Å². The lowest BCUT2D eigenvalue weighted by molar-refractivity contribution is 0.415. The van der Waals surface area contributed by atoms with Crippen molar-refractivity contribution in [3.8, 4) is 11.4 Å². The zero-order valence-electron chi connectivity index (χ0n) is 13.0. The maximum atomic E-state index is 5.24. The second kappa shape index (κ2) is 6.37. The zero-order valence-corrected chi connectivity index (χ0v) is 13.8. The molecule has 2 heterocycles. The average Bonchev–Trinajstić information content (AvgIpc) is 3.29. The number of methoxy groups -OCH3 is 1. The van der Waals surface area contributed by atoms with E-state index in [-0.39, 0.29) is 0 Å². The Morgan fingerprint density at radius 1 is 1.17 bits per heavy atom. The highest BCUT2D eigenvalue weighted by Gasteiger charge is 2.05. The highest BCUT2D eigenvalue weighted by Crippen LogP contribution is 2.25. The number of nitrogens with zero attached hydrogens (tertiary/aromatic N) is 4. The molecule has 0 amide bonds. The van der Waals surface area contributed by atoms with Crippen molar-refractivity contribution in [3.05, 3.63) is 60.7 Å². The number of aromatic nitrogens is 5. The van der Waals surface area contributed by atoms with Crippen LogP contribution in [0.4, 0.5) is 0 Å². The molecule has 120 valence electrons. The van der Waals surface area contributed by atoms with Gasteiger partial charge in [-0.25, -0.2) is 14.6 Å². The summed E-state index contributed by atoms with van der Waals surface area (Å²) in [5.74, 6) is 1.67. The first-order valence-corrected chi connectivity index (χ1v) is 8.41. The van der Waals surface area contributed by atoms with Crippen LogP contribution in [0.15, 0.2) is 60.3 Å². The van der Waals surface area contributed by atoms with Gasteiger partial charge in [0.25, 0.3) is 0 Å². The van der Waals surface area contributed by atoms with Crippen LogP contribution in [0.3, 0.4) is 0 Å². The van der Waals surface area contributed by atoms with E-state index in [0.29, 0.717) is 0 Å². The third kappa shape index (κ3) is 2.98. The molecule has 0 aliphatic carbocycles. The largest absolute Gasteiger partial charge is 0.497 e. The second-order valence-corrected chi connectivity index (χ2v) is 6.18. The van der Waals surface area contributed by atoms with Crippen LogP contribution in [0.2, 0.25) is 0 Å². The van der Waals surface area contributed by atoms with E-state index in [0.717, 1.165) is 33.4 Å². The summed E-state index contributed by atoms with van der Waals surface area (Å²) in [7, 11) is 1.66. The molecule has 0 radical (unpaired) electrons. The fraction of sp³-hybridized carbons (Fsp3) is 0.118. The van der Waals surface area contributed by atoms with Crippen molar-refractivity contribution in [1.82, 2.24) is 24.7 Å². The highest BCUT2D eigenvalue weighted by atomic mass is 32.2. The number of aromatic amines is 1. The Bertz CT molecular complexity index is 947. The van der Waals surface area contributed by atoms with E-state index in [4.69, 9.17) is 4.74 Å². The van der Waals surface area contributed by atoms with Crippen molar-refractivity contribution in [2.45, 2.75) is 10.9 Å². The maximum absolute atomic E-state index is 5.24. The zero-order chi connectivity index (χ0) is 16.4. The lowest BCUT2D eigenvalue weighted by Crippen LogP contribution is -1.94. The van der Waals surface area contributed by atoms with E-state index >= 15 is 0 Å². The van der Waals surface area contributed by atoms with Crippen molar-refractivity contribution >= 4 is 22.8 Å². The number of hydrogen-bond donors (Lipinski definition) is 1. The van der Waals surface area contributed by atoms with Crippen molar-refractivity contribution < 1.29 is 4.74 Å². The summed E-state index contributed by atoms with van der Waals surface area (Å²) in [6.07, 6.45) is 3.22. The molecule has 4 rings (SSSR count). The van der Waals surface area contributed by atoms with Gasteiger partial charge >= 0.3 is 0 Å². The Morgan fingerprint density at radius 2 is 2.04 bits per heavy atom. The fourth-order valence-electron chi connectivity index (χ4n) is 2.40. The Hall–Kier alpha value is -2.80. The third-order valence-electron chi connectivity index (χ3n) is 3.66. The quantitative estimate of drug-likeness (QED) is 0.565. The molecule has 0 atom stereocenters. The van der Waals surface area contributed by atoms with Gasteiger partial charge in [0, 0.05) is 11.8 Å². The van der Waals surface area contributed by atoms with Gasteiger partial charge in [-0.15, -0.1) is 0 Å². The Morgan fingerprint density at radius 3 is 2.79 bits per heavy atom. The van der Waals surface area contributed by atoms with Crippen LogP contribution in [0.5, 0.6) is 5.75 Å². The number of benzene rings is 2. The molecule has 4 aromatic rings. The minimum atomic E-state index is 0.825. The number of ether oxygens (including phenoxy) is 1. The summed E-state index contributed by atoms with van der Waals surface area (Å²) in [6, 6.07) is 14.1. The molecule has 1 N–H and O–H groups in total. The summed E-state index contributed by atoms with van der Waals surface area (Å²) in [4.78, 5) is 11.9. The second-order valence-electron chi connectivity index (χ2n) is 5.22. The predicted molar refractivity (Wildman–Crippen MR) is 93.6 cm³/mol. The summed E-state index contributed by atoms with van der Waals surface area (Å²) in [5.41, 5.74) is 4.15. The van der Waals surface area contributed by atoms with Crippen molar-refractivity contribution in [2.75, 3.05) is 7.11 Å². The van der Waals surface area contributed by atoms with E-state index in [2.05, 4.69) is 32.2 Å². The third-order valence-corrected chi connectivity index (χ3v) is 4.61. The van der Waals surface area contributed by atoms with Gasteiger partial charge in [-0.05, 0) is 29.8 Å². The van der Waals surface area contributed by atoms with Crippen LogP contribution in [0.25, 0.3) is 16.7 Å². The van der Waals surface area contributed by atoms with Gasteiger partial charge in [0.05, 0.1) is 23.8 Å². The molecule has 24 heavy (non-hydrogen) atoms. The molecule has 2 aromatic carbocycles. The first-order chi connectivity index (χ1) is 11.8. The molecule has 7 heteroatoms. The number of nitrogens with one attached hydrogen (secondary N) is 1. The maximum Gasteiger partial charge on any atom is 0.166 e. The summed E-state index contributed by atoms with van der Waals surface area (Å²) in [5, 5.41) is 5.02.